The fourth-order valence-corrected chi connectivity index (χ4v) is 7.04. The van der Waals surface area contributed by atoms with E-state index in [-0.39, 0.29) is 0 Å². The first kappa shape index (κ1) is 17.4. The molecule has 0 saturated carbocycles. The molecule has 1 nitrogen and oxygen atoms in total. The van der Waals surface area contributed by atoms with E-state index in [1.807, 2.05) is 0 Å². The van der Waals surface area contributed by atoms with E-state index in [9.17, 15) is 0 Å². The normalized spacial score (nSPS) is 14.1. The molecule has 0 spiro atoms. The van der Waals surface area contributed by atoms with Gasteiger partial charge in [0.25, 0.3) is 0 Å². The van der Waals surface area contributed by atoms with Crippen LogP contribution in [0.5, 0.6) is 0 Å². The molecule has 1 heteroatoms. The van der Waals surface area contributed by atoms with Crippen molar-refractivity contribution < 1.29 is 0 Å². The van der Waals surface area contributed by atoms with Crippen LogP contribution in [0.1, 0.15) is 33.4 Å². The van der Waals surface area contributed by atoms with E-state index < -0.39 is 0 Å². The molecule has 6 aromatic rings. The molecule has 1 aliphatic heterocycles. The van der Waals surface area contributed by atoms with Gasteiger partial charge in [-0.1, -0.05) is 66.7 Å². The number of aromatic nitrogens is 1. The van der Waals surface area contributed by atoms with Gasteiger partial charge < -0.3 is 4.57 Å². The Balaban J connectivity index is 1.40. The first-order valence-electron chi connectivity index (χ1n) is 12.3. The average Bonchev–Trinajstić information content (AvgIpc) is 3.52. The summed E-state index contributed by atoms with van der Waals surface area (Å²) in [6, 6.07) is 34.4. The molecule has 0 radical (unpaired) electrons. The Morgan fingerprint density at radius 2 is 1.21 bits per heavy atom. The van der Waals surface area contributed by atoms with Gasteiger partial charge in [-0.15, -0.1) is 0 Å². The molecule has 0 unspecified atom stereocenters. The van der Waals surface area contributed by atoms with Crippen molar-refractivity contribution in [2.45, 2.75) is 19.3 Å². The lowest BCUT2D eigenvalue weighted by Crippen LogP contribution is -2.08. The van der Waals surface area contributed by atoms with Crippen molar-refractivity contribution in [1.82, 2.24) is 4.57 Å². The molecular formula is C33H21N. The first-order chi connectivity index (χ1) is 16.8. The van der Waals surface area contributed by atoms with E-state index in [2.05, 4.69) is 95.6 Å². The minimum atomic E-state index is 1.01. The Morgan fingerprint density at radius 3 is 2.18 bits per heavy atom. The summed E-state index contributed by atoms with van der Waals surface area (Å²) in [5, 5.41) is 2.83. The van der Waals surface area contributed by atoms with Crippen LogP contribution < -0.4 is 0 Å². The Bertz CT molecular complexity index is 1880. The van der Waals surface area contributed by atoms with E-state index >= 15 is 0 Å². The van der Waals surface area contributed by atoms with Crippen molar-refractivity contribution >= 4 is 21.8 Å². The topological polar surface area (TPSA) is 4.93 Å². The van der Waals surface area contributed by atoms with Gasteiger partial charge in [-0.2, -0.15) is 0 Å². The van der Waals surface area contributed by atoms with Crippen molar-refractivity contribution in [2.24, 2.45) is 0 Å². The molecule has 3 aliphatic rings. The quantitative estimate of drug-likeness (QED) is 0.231. The van der Waals surface area contributed by atoms with Gasteiger partial charge >= 0.3 is 0 Å². The van der Waals surface area contributed by atoms with E-state index in [0.717, 1.165) is 19.3 Å². The molecular weight excluding hydrogens is 410 g/mol. The third-order valence-corrected chi connectivity index (χ3v) is 8.38. The summed E-state index contributed by atoms with van der Waals surface area (Å²) in [7, 11) is 0. The van der Waals surface area contributed by atoms with Gasteiger partial charge in [0.15, 0.2) is 0 Å². The van der Waals surface area contributed by atoms with Crippen LogP contribution in [0.25, 0.3) is 49.7 Å². The molecule has 5 aromatic carbocycles. The second kappa shape index (κ2) is 5.87. The maximum Gasteiger partial charge on any atom is 0.0583 e. The summed E-state index contributed by atoms with van der Waals surface area (Å²) < 4.78 is 2.53. The fourth-order valence-electron chi connectivity index (χ4n) is 7.04. The number of rotatable bonds is 0. The maximum absolute atomic E-state index is 2.53. The Hall–Kier alpha value is -4.10. The molecule has 0 saturated heterocycles. The zero-order valence-corrected chi connectivity index (χ0v) is 18.7. The third-order valence-electron chi connectivity index (χ3n) is 8.38. The van der Waals surface area contributed by atoms with Crippen molar-refractivity contribution in [3.63, 3.8) is 0 Å². The number of para-hydroxylation sites is 2. The number of hydrogen-bond donors (Lipinski definition) is 0. The second-order valence-electron chi connectivity index (χ2n) is 10.1. The summed E-state index contributed by atoms with van der Waals surface area (Å²) in [4.78, 5) is 0. The Kier molecular flexibility index (Phi) is 3.00. The van der Waals surface area contributed by atoms with Crippen LogP contribution in [0.4, 0.5) is 0 Å². The van der Waals surface area contributed by atoms with Gasteiger partial charge in [-0.3, -0.25) is 0 Å². The lowest BCUT2D eigenvalue weighted by molar-refractivity contribution is 1.04. The SMILES string of the molecule is c1ccc2c(c1)Cc1cc3c(cc1-2)Cc1cc2c4c(c1-3)c1ccccc1n4-c1ccccc1C2. The zero-order valence-electron chi connectivity index (χ0n) is 18.7. The minimum absolute atomic E-state index is 1.01. The zero-order chi connectivity index (χ0) is 22.0. The summed E-state index contributed by atoms with van der Waals surface area (Å²) in [5.41, 5.74) is 18.7. The molecule has 9 rings (SSSR count). The Morgan fingerprint density at radius 1 is 0.500 bits per heavy atom. The molecule has 1 aromatic heterocycles. The molecule has 2 aliphatic carbocycles. The van der Waals surface area contributed by atoms with Crippen molar-refractivity contribution in [3.8, 4) is 27.9 Å². The summed E-state index contributed by atoms with van der Waals surface area (Å²) in [5.74, 6) is 0. The maximum atomic E-state index is 2.53. The molecule has 0 atom stereocenters. The van der Waals surface area contributed by atoms with Crippen molar-refractivity contribution in [1.29, 1.82) is 0 Å². The highest BCUT2D eigenvalue weighted by Gasteiger charge is 2.31. The highest BCUT2D eigenvalue weighted by Crippen LogP contribution is 2.51. The van der Waals surface area contributed by atoms with Crippen LogP contribution in [0.15, 0.2) is 91.0 Å². The molecule has 0 bridgehead atoms. The molecule has 34 heavy (non-hydrogen) atoms. The fraction of sp³-hybridized carbons (Fsp3) is 0.0909. The third kappa shape index (κ3) is 1.98. The van der Waals surface area contributed by atoms with Gasteiger partial charge in [0.2, 0.25) is 0 Å². The molecule has 0 N–H and O–H groups in total. The van der Waals surface area contributed by atoms with Gasteiger partial charge in [0.05, 0.1) is 11.0 Å². The summed E-state index contributed by atoms with van der Waals surface area (Å²) in [6.45, 7) is 0. The minimum Gasteiger partial charge on any atom is -0.309 e. The number of nitrogens with zero attached hydrogens (tertiary/aromatic N) is 1. The van der Waals surface area contributed by atoms with Crippen LogP contribution in [0, 0.1) is 0 Å². The number of hydrogen-bond acceptors (Lipinski definition) is 0. The predicted octanol–water partition coefficient (Wildman–Crippen LogP) is 7.83. The molecule has 0 amide bonds. The highest BCUT2D eigenvalue weighted by atomic mass is 15.0. The van der Waals surface area contributed by atoms with E-state index in [0.29, 0.717) is 0 Å². The van der Waals surface area contributed by atoms with Crippen LogP contribution in [-0.2, 0) is 19.3 Å². The van der Waals surface area contributed by atoms with Crippen LogP contribution >= 0.6 is 0 Å². The highest BCUT2D eigenvalue weighted by molar-refractivity contribution is 6.19. The standard InChI is InChI=1S/C33H21N/c1-3-9-25-19(7-1)13-21-18-28-22(17-27(21)25)15-23-16-24-14-20-8-2-5-11-29(20)34-30-12-6-4-10-26(30)32(31(23)28)33(24)34/h1-12,16-18H,13-15H2. The smallest absolute Gasteiger partial charge is 0.0583 e. The first-order valence-corrected chi connectivity index (χ1v) is 12.3. The molecule has 158 valence electrons. The van der Waals surface area contributed by atoms with E-state index in [4.69, 9.17) is 0 Å². The van der Waals surface area contributed by atoms with Crippen LogP contribution in [0.2, 0.25) is 0 Å². The summed E-state index contributed by atoms with van der Waals surface area (Å²) >= 11 is 0. The number of benzene rings is 5. The van der Waals surface area contributed by atoms with Gasteiger partial charge in [-0.25, -0.2) is 0 Å². The van der Waals surface area contributed by atoms with Gasteiger partial charge in [0.1, 0.15) is 0 Å². The Labute approximate surface area is 197 Å². The molecule has 2 heterocycles. The largest absolute Gasteiger partial charge is 0.309 e. The predicted molar refractivity (Wildman–Crippen MR) is 140 cm³/mol. The van der Waals surface area contributed by atoms with Crippen molar-refractivity contribution in [2.75, 3.05) is 0 Å². The number of fused-ring (bicyclic) bond motifs is 12. The second-order valence-corrected chi connectivity index (χ2v) is 10.1. The van der Waals surface area contributed by atoms with E-state index in [1.54, 1.807) is 0 Å². The molecule has 0 fully saturated rings. The summed E-state index contributed by atoms with van der Waals surface area (Å²) in [6.07, 6.45) is 3.09. The van der Waals surface area contributed by atoms with E-state index in [1.165, 1.54) is 83.1 Å². The van der Waals surface area contributed by atoms with Crippen molar-refractivity contribution in [3.05, 3.63) is 124 Å². The van der Waals surface area contributed by atoms with Crippen LogP contribution in [0.3, 0.4) is 0 Å². The lowest BCUT2D eigenvalue weighted by atomic mass is 9.91. The lowest BCUT2D eigenvalue weighted by Gasteiger charge is -2.21. The van der Waals surface area contributed by atoms with Gasteiger partial charge in [0, 0.05) is 22.9 Å². The van der Waals surface area contributed by atoms with Crippen LogP contribution in [-0.4, -0.2) is 4.57 Å². The average molecular weight is 432 g/mol. The van der Waals surface area contributed by atoms with Gasteiger partial charge in [-0.05, 0) is 92.7 Å². The monoisotopic (exact) mass is 431 g/mol.